The van der Waals surface area contributed by atoms with Gasteiger partial charge < -0.3 is 15.1 Å². The number of carbonyl (C=O) groups excluding carboxylic acids is 2. The highest BCUT2D eigenvalue weighted by Gasteiger charge is 2.25. The lowest BCUT2D eigenvalue weighted by molar-refractivity contribution is 0.0755. The molecule has 0 aliphatic carbocycles. The van der Waals surface area contributed by atoms with E-state index >= 15 is 0 Å². The molecule has 5 nitrogen and oxygen atoms in total. The van der Waals surface area contributed by atoms with Crippen LogP contribution in [0, 0.1) is 5.82 Å². The molecule has 0 atom stereocenters. The first-order valence-electron chi connectivity index (χ1n) is 10.0. The Labute approximate surface area is 171 Å². The highest BCUT2D eigenvalue weighted by atomic mass is 19.1. The van der Waals surface area contributed by atoms with Crippen LogP contribution in [-0.2, 0) is 0 Å². The molecule has 0 radical (unpaired) electrons. The number of nitrogens with zero attached hydrogens (tertiary/aromatic N) is 2. The Hall–Kier alpha value is -2.89. The Morgan fingerprint density at radius 1 is 1.07 bits per heavy atom. The van der Waals surface area contributed by atoms with Gasteiger partial charge in [0.05, 0.1) is 5.56 Å². The second kappa shape index (κ2) is 9.07. The Bertz CT molecular complexity index is 859. The van der Waals surface area contributed by atoms with Crippen LogP contribution in [0.2, 0.25) is 0 Å². The van der Waals surface area contributed by atoms with Crippen LogP contribution in [0.15, 0.2) is 48.5 Å². The molecule has 0 aromatic heterocycles. The van der Waals surface area contributed by atoms with Crippen molar-refractivity contribution in [2.24, 2.45) is 0 Å². The third-order valence-electron chi connectivity index (χ3n) is 5.51. The van der Waals surface area contributed by atoms with Crippen LogP contribution in [0.4, 0.5) is 10.1 Å². The van der Waals surface area contributed by atoms with Gasteiger partial charge in [-0.15, -0.1) is 0 Å². The molecule has 0 bridgehead atoms. The van der Waals surface area contributed by atoms with Crippen LogP contribution in [0.1, 0.15) is 47.4 Å². The van der Waals surface area contributed by atoms with Crippen molar-refractivity contribution in [1.82, 2.24) is 10.2 Å². The average Bonchev–Trinajstić information content (AvgIpc) is 2.73. The SMILES string of the molecule is CC(C)N(C)C(=O)c1ccccc1N1CCC(NC(=O)c2ccc(F)cc2)CC1. The number of benzene rings is 2. The van der Waals surface area contributed by atoms with Gasteiger partial charge in [-0.1, -0.05) is 12.1 Å². The summed E-state index contributed by atoms with van der Waals surface area (Å²) in [5.74, 6) is -0.522. The van der Waals surface area contributed by atoms with Gasteiger partial charge in [-0.2, -0.15) is 0 Å². The van der Waals surface area contributed by atoms with E-state index in [9.17, 15) is 14.0 Å². The highest BCUT2D eigenvalue weighted by Crippen LogP contribution is 2.26. The van der Waals surface area contributed by atoms with E-state index in [-0.39, 0.29) is 29.7 Å². The van der Waals surface area contributed by atoms with Crippen molar-refractivity contribution < 1.29 is 14.0 Å². The Kier molecular flexibility index (Phi) is 6.52. The monoisotopic (exact) mass is 397 g/mol. The maximum atomic E-state index is 13.0. The summed E-state index contributed by atoms with van der Waals surface area (Å²) in [6.07, 6.45) is 1.57. The Morgan fingerprint density at radius 3 is 2.31 bits per heavy atom. The zero-order valence-electron chi connectivity index (χ0n) is 17.2. The van der Waals surface area contributed by atoms with Crippen molar-refractivity contribution in [3.05, 3.63) is 65.5 Å². The van der Waals surface area contributed by atoms with E-state index in [4.69, 9.17) is 0 Å². The zero-order valence-corrected chi connectivity index (χ0v) is 17.2. The largest absolute Gasteiger partial charge is 0.371 e. The summed E-state index contributed by atoms with van der Waals surface area (Å²) in [6.45, 7) is 5.50. The number of anilines is 1. The van der Waals surface area contributed by atoms with Crippen molar-refractivity contribution in [3.63, 3.8) is 0 Å². The van der Waals surface area contributed by atoms with Crippen molar-refractivity contribution in [1.29, 1.82) is 0 Å². The quantitative estimate of drug-likeness (QED) is 0.837. The van der Waals surface area contributed by atoms with Crippen LogP contribution in [0.3, 0.4) is 0 Å². The molecule has 1 saturated heterocycles. The van der Waals surface area contributed by atoms with Crippen LogP contribution in [0.5, 0.6) is 0 Å². The van der Waals surface area contributed by atoms with Gasteiger partial charge in [-0.3, -0.25) is 9.59 Å². The summed E-state index contributed by atoms with van der Waals surface area (Å²) >= 11 is 0. The molecule has 1 aliphatic heterocycles. The number of hydrogen-bond acceptors (Lipinski definition) is 3. The lowest BCUT2D eigenvalue weighted by Gasteiger charge is -2.35. The molecular formula is C23H28FN3O2. The van der Waals surface area contributed by atoms with E-state index in [1.807, 2.05) is 45.2 Å². The molecule has 29 heavy (non-hydrogen) atoms. The minimum atomic E-state index is -0.355. The molecule has 3 rings (SSSR count). The van der Waals surface area contributed by atoms with Crippen molar-refractivity contribution in [2.45, 2.75) is 38.8 Å². The molecule has 2 aromatic rings. The van der Waals surface area contributed by atoms with Gasteiger partial charge in [0.1, 0.15) is 5.82 Å². The summed E-state index contributed by atoms with van der Waals surface area (Å²) in [4.78, 5) is 29.2. The van der Waals surface area contributed by atoms with Gasteiger partial charge in [0.25, 0.3) is 11.8 Å². The summed E-state index contributed by atoms with van der Waals surface area (Å²) in [5, 5.41) is 3.03. The number of rotatable bonds is 5. The first-order valence-corrected chi connectivity index (χ1v) is 10.0. The molecule has 1 N–H and O–H groups in total. The number of amides is 2. The van der Waals surface area contributed by atoms with Crippen molar-refractivity contribution in [2.75, 3.05) is 25.0 Å². The smallest absolute Gasteiger partial charge is 0.255 e. The van der Waals surface area contributed by atoms with Crippen LogP contribution < -0.4 is 10.2 Å². The maximum Gasteiger partial charge on any atom is 0.255 e. The van der Waals surface area contributed by atoms with E-state index in [0.29, 0.717) is 11.1 Å². The van der Waals surface area contributed by atoms with E-state index in [1.165, 1.54) is 24.3 Å². The number of halogens is 1. The molecular weight excluding hydrogens is 369 g/mol. The van der Waals surface area contributed by atoms with Gasteiger partial charge >= 0.3 is 0 Å². The van der Waals surface area contributed by atoms with Crippen LogP contribution in [-0.4, -0.2) is 48.9 Å². The van der Waals surface area contributed by atoms with E-state index in [2.05, 4.69) is 10.2 Å². The molecule has 2 aromatic carbocycles. The molecule has 1 aliphatic rings. The standard InChI is InChI=1S/C23H28FN3O2/c1-16(2)26(3)23(29)20-6-4-5-7-21(20)27-14-12-19(13-15-27)25-22(28)17-8-10-18(24)11-9-17/h4-11,16,19H,12-15H2,1-3H3,(H,25,28). The van der Waals surface area contributed by atoms with E-state index in [1.54, 1.807) is 4.90 Å². The maximum absolute atomic E-state index is 13.0. The molecule has 2 amide bonds. The van der Waals surface area contributed by atoms with Gasteiger partial charge in [-0.25, -0.2) is 4.39 Å². The van der Waals surface area contributed by atoms with Gasteiger partial charge in [-0.05, 0) is 63.1 Å². The van der Waals surface area contributed by atoms with Gasteiger partial charge in [0.2, 0.25) is 0 Å². The number of para-hydroxylation sites is 1. The topological polar surface area (TPSA) is 52.7 Å². The molecule has 1 heterocycles. The molecule has 0 spiro atoms. The number of nitrogens with one attached hydrogen (secondary N) is 1. The molecule has 0 unspecified atom stereocenters. The Morgan fingerprint density at radius 2 is 1.69 bits per heavy atom. The second-order valence-electron chi connectivity index (χ2n) is 7.77. The van der Waals surface area contributed by atoms with Gasteiger partial charge in [0.15, 0.2) is 0 Å². The molecule has 0 saturated carbocycles. The number of carbonyl (C=O) groups is 2. The zero-order chi connectivity index (χ0) is 21.0. The fourth-order valence-corrected chi connectivity index (χ4v) is 3.49. The number of piperidine rings is 1. The molecule has 154 valence electrons. The number of hydrogen-bond donors (Lipinski definition) is 1. The highest BCUT2D eigenvalue weighted by molar-refractivity contribution is 6.00. The fraction of sp³-hybridized carbons (Fsp3) is 0.391. The normalized spacial score (nSPS) is 14.7. The molecule has 1 fully saturated rings. The Balaban J connectivity index is 1.63. The average molecular weight is 397 g/mol. The van der Waals surface area contributed by atoms with Crippen LogP contribution >= 0.6 is 0 Å². The fourth-order valence-electron chi connectivity index (χ4n) is 3.49. The predicted molar refractivity (Wildman–Crippen MR) is 113 cm³/mol. The minimum Gasteiger partial charge on any atom is -0.371 e. The van der Waals surface area contributed by atoms with Crippen LogP contribution in [0.25, 0.3) is 0 Å². The minimum absolute atomic E-state index is 0.0161. The predicted octanol–water partition coefficient (Wildman–Crippen LogP) is 3.70. The van der Waals surface area contributed by atoms with Crippen molar-refractivity contribution in [3.8, 4) is 0 Å². The van der Waals surface area contributed by atoms with E-state index in [0.717, 1.165) is 31.6 Å². The van der Waals surface area contributed by atoms with Crippen molar-refractivity contribution >= 4 is 17.5 Å². The lowest BCUT2D eigenvalue weighted by Crippen LogP contribution is -2.45. The summed E-state index contributed by atoms with van der Waals surface area (Å²) in [6, 6.07) is 13.5. The summed E-state index contributed by atoms with van der Waals surface area (Å²) in [7, 11) is 1.82. The first kappa shape index (κ1) is 20.8. The van der Waals surface area contributed by atoms with Gasteiger partial charge in [0, 0.05) is 43.5 Å². The third kappa shape index (κ3) is 4.94. The third-order valence-corrected chi connectivity index (χ3v) is 5.51. The lowest BCUT2D eigenvalue weighted by atomic mass is 10.0. The second-order valence-corrected chi connectivity index (χ2v) is 7.77. The first-order chi connectivity index (χ1) is 13.9. The van der Waals surface area contributed by atoms with E-state index < -0.39 is 0 Å². The molecule has 6 heteroatoms. The summed E-state index contributed by atoms with van der Waals surface area (Å²) < 4.78 is 13.0. The summed E-state index contributed by atoms with van der Waals surface area (Å²) in [5.41, 5.74) is 2.10.